The van der Waals surface area contributed by atoms with Crippen LogP contribution in [0.3, 0.4) is 0 Å². The molecule has 0 bridgehead atoms. The minimum Gasteiger partial charge on any atom is -0.299 e. The van der Waals surface area contributed by atoms with Crippen LogP contribution in [0.15, 0.2) is 0 Å². The SMILES string of the molecule is CC[C@]1(C)CCC(C)C(=O)C1. The van der Waals surface area contributed by atoms with E-state index in [1.165, 1.54) is 6.42 Å². The van der Waals surface area contributed by atoms with Crippen molar-refractivity contribution in [3.63, 3.8) is 0 Å². The van der Waals surface area contributed by atoms with E-state index in [9.17, 15) is 4.79 Å². The van der Waals surface area contributed by atoms with Gasteiger partial charge < -0.3 is 0 Å². The number of carbonyl (C=O) groups excluding carboxylic acids is 1. The van der Waals surface area contributed by atoms with Crippen LogP contribution in [0, 0.1) is 11.3 Å². The lowest BCUT2D eigenvalue weighted by atomic mass is 9.70. The molecule has 0 radical (unpaired) electrons. The Morgan fingerprint density at radius 2 is 2.27 bits per heavy atom. The Bertz CT molecular complexity index is 162. The molecule has 0 heterocycles. The van der Waals surface area contributed by atoms with Gasteiger partial charge in [-0.05, 0) is 18.3 Å². The van der Waals surface area contributed by atoms with Crippen LogP contribution in [0.5, 0.6) is 0 Å². The van der Waals surface area contributed by atoms with Gasteiger partial charge in [0.15, 0.2) is 0 Å². The standard InChI is InChI=1S/C10H18O/c1-4-10(3)6-5-8(2)9(11)7-10/h8H,4-7H2,1-3H3/t8?,10-/m1/s1. The molecule has 11 heavy (non-hydrogen) atoms. The first-order valence-corrected chi connectivity index (χ1v) is 4.60. The van der Waals surface area contributed by atoms with Gasteiger partial charge in [0.05, 0.1) is 0 Å². The third kappa shape index (κ3) is 1.82. The minimum atomic E-state index is 0.323. The van der Waals surface area contributed by atoms with Gasteiger partial charge in [0.2, 0.25) is 0 Å². The molecule has 0 aromatic heterocycles. The molecule has 1 nitrogen and oxygen atoms in total. The summed E-state index contributed by atoms with van der Waals surface area (Å²) in [6.45, 7) is 6.47. The molecule has 1 unspecified atom stereocenters. The number of hydrogen-bond donors (Lipinski definition) is 0. The Labute approximate surface area is 69.2 Å². The molecule has 0 aromatic carbocycles. The van der Waals surface area contributed by atoms with E-state index in [2.05, 4.69) is 20.8 Å². The number of Topliss-reactive ketones (excluding diaryl/α,β-unsaturated/α-hetero) is 1. The summed E-state index contributed by atoms with van der Waals surface area (Å²) in [7, 11) is 0. The summed E-state index contributed by atoms with van der Waals surface area (Å²) in [5.74, 6) is 0.801. The number of carbonyl (C=O) groups is 1. The highest BCUT2D eigenvalue weighted by molar-refractivity contribution is 5.82. The van der Waals surface area contributed by atoms with Crippen molar-refractivity contribution in [2.75, 3.05) is 0 Å². The molecule has 1 rings (SSSR count). The smallest absolute Gasteiger partial charge is 0.136 e. The summed E-state index contributed by atoms with van der Waals surface area (Å²) >= 11 is 0. The molecule has 0 saturated heterocycles. The van der Waals surface area contributed by atoms with Gasteiger partial charge in [0.25, 0.3) is 0 Å². The van der Waals surface area contributed by atoms with Crippen LogP contribution >= 0.6 is 0 Å². The maximum atomic E-state index is 11.4. The maximum Gasteiger partial charge on any atom is 0.136 e. The second-order valence-electron chi connectivity index (χ2n) is 4.25. The quantitative estimate of drug-likeness (QED) is 0.567. The number of hydrogen-bond acceptors (Lipinski definition) is 1. The Hall–Kier alpha value is -0.330. The predicted molar refractivity (Wildman–Crippen MR) is 46.4 cm³/mol. The van der Waals surface area contributed by atoms with Gasteiger partial charge in [-0.15, -0.1) is 0 Å². The lowest BCUT2D eigenvalue weighted by Gasteiger charge is -2.34. The molecule has 64 valence electrons. The monoisotopic (exact) mass is 154 g/mol. The van der Waals surface area contributed by atoms with Crippen molar-refractivity contribution in [2.24, 2.45) is 11.3 Å². The van der Waals surface area contributed by atoms with Crippen LogP contribution < -0.4 is 0 Å². The average Bonchev–Trinajstić information content (AvgIpc) is 1.98. The van der Waals surface area contributed by atoms with E-state index >= 15 is 0 Å². The van der Waals surface area contributed by atoms with Gasteiger partial charge in [-0.2, -0.15) is 0 Å². The maximum absolute atomic E-state index is 11.4. The predicted octanol–water partition coefficient (Wildman–Crippen LogP) is 2.79. The molecule has 1 saturated carbocycles. The fourth-order valence-electron chi connectivity index (χ4n) is 1.71. The minimum absolute atomic E-state index is 0.323. The Balaban J connectivity index is 2.59. The van der Waals surface area contributed by atoms with Crippen LogP contribution in [-0.2, 0) is 4.79 Å². The van der Waals surface area contributed by atoms with Crippen LogP contribution in [0.2, 0.25) is 0 Å². The first-order chi connectivity index (χ1) is 5.07. The van der Waals surface area contributed by atoms with Crippen molar-refractivity contribution in [3.05, 3.63) is 0 Å². The van der Waals surface area contributed by atoms with E-state index in [0.717, 1.165) is 19.3 Å². The lowest BCUT2D eigenvalue weighted by molar-refractivity contribution is -0.127. The fourth-order valence-corrected chi connectivity index (χ4v) is 1.71. The molecule has 0 N–H and O–H groups in total. The van der Waals surface area contributed by atoms with Crippen LogP contribution in [-0.4, -0.2) is 5.78 Å². The second-order valence-corrected chi connectivity index (χ2v) is 4.25. The summed E-state index contributed by atoms with van der Waals surface area (Å²) in [5, 5.41) is 0. The second kappa shape index (κ2) is 2.96. The third-order valence-corrected chi connectivity index (χ3v) is 3.19. The molecule has 0 aromatic rings. The third-order valence-electron chi connectivity index (χ3n) is 3.19. The van der Waals surface area contributed by atoms with Gasteiger partial charge >= 0.3 is 0 Å². The zero-order valence-corrected chi connectivity index (χ0v) is 7.81. The van der Waals surface area contributed by atoms with Crippen molar-refractivity contribution in [1.29, 1.82) is 0 Å². The average molecular weight is 154 g/mol. The highest BCUT2D eigenvalue weighted by atomic mass is 16.1. The van der Waals surface area contributed by atoms with Gasteiger partial charge in [0, 0.05) is 12.3 Å². The molecule has 0 spiro atoms. The molecule has 1 aliphatic rings. The Morgan fingerprint density at radius 3 is 2.73 bits per heavy atom. The molecule has 1 fully saturated rings. The molecular formula is C10H18O. The lowest BCUT2D eigenvalue weighted by Crippen LogP contribution is -2.30. The summed E-state index contributed by atoms with van der Waals surface area (Å²) in [6.07, 6.45) is 4.29. The van der Waals surface area contributed by atoms with E-state index < -0.39 is 0 Å². The van der Waals surface area contributed by atoms with E-state index in [-0.39, 0.29) is 0 Å². The van der Waals surface area contributed by atoms with Gasteiger partial charge in [0.1, 0.15) is 5.78 Å². The van der Waals surface area contributed by atoms with Crippen molar-refractivity contribution in [1.82, 2.24) is 0 Å². The van der Waals surface area contributed by atoms with Crippen molar-refractivity contribution in [2.45, 2.75) is 46.5 Å². The normalized spacial score (nSPS) is 39.2. The van der Waals surface area contributed by atoms with Gasteiger partial charge in [-0.1, -0.05) is 27.2 Å². The van der Waals surface area contributed by atoms with E-state index in [1.54, 1.807) is 0 Å². The van der Waals surface area contributed by atoms with Crippen molar-refractivity contribution >= 4 is 5.78 Å². The van der Waals surface area contributed by atoms with E-state index in [0.29, 0.717) is 17.1 Å². The Morgan fingerprint density at radius 1 is 1.64 bits per heavy atom. The topological polar surface area (TPSA) is 17.1 Å². The van der Waals surface area contributed by atoms with Crippen LogP contribution in [0.1, 0.15) is 46.5 Å². The van der Waals surface area contributed by atoms with Gasteiger partial charge in [-0.3, -0.25) is 4.79 Å². The zero-order chi connectivity index (χ0) is 8.48. The molecular weight excluding hydrogens is 136 g/mol. The van der Waals surface area contributed by atoms with Crippen LogP contribution in [0.4, 0.5) is 0 Å². The van der Waals surface area contributed by atoms with E-state index in [4.69, 9.17) is 0 Å². The molecule has 2 atom stereocenters. The first kappa shape index (κ1) is 8.76. The van der Waals surface area contributed by atoms with Crippen molar-refractivity contribution in [3.8, 4) is 0 Å². The van der Waals surface area contributed by atoms with E-state index in [1.807, 2.05) is 0 Å². The highest BCUT2D eigenvalue weighted by Crippen LogP contribution is 2.38. The highest BCUT2D eigenvalue weighted by Gasteiger charge is 2.32. The number of rotatable bonds is 1. The largest absolute Gasteiger partial charge is 0.299 e. The zero-order valence-electron chi connectivity index (χ0n) is 7.81. The summed E-state index contributed by atoms with van der Waals surface area (Å²) < 4.78 is 0. The van der Waals surface area contributed by atoms with Crippen molar-refractivity contribution < 1.29 is 4.79 Å². The molecule has 1 aliphatic carbocycles. The summed E-state index contributed by atoms with van der Waals surface area (Å²) in [5.41, 5.74) is 0.323. The van der Waals surface area contributed by atoms with Gasteiger partial charge in [-0.25, -0.2) is 0 Å². The fraction of sp³-hybridized carbons (Fsp3) is 0.900. The molecule has 0 aliphatic heterocycles. The summed E-state index contributed by atoms with van der Waals surface area (Å²) in [6, 6.07) is 0. The molecule has 0 amide bonds. The molecule has 1 heteroatoms. The first-order valence-electron chi connectivity index (χ1n) is 4.60. The van der Waals surface area contributed by atoms with Crippen LogP contribution in [0.25, 0.3) is 0 Å². The number of ketones is 1. The summed E-state index contributed by atoms with van der Waals surface area (Å²) in [4.78, 5) is 11.4. The Kier molecular flexibility index (Phi) is 2.36.